The molecule has 3 atom stereocenters. The number of hydrogen-bond acceptors (Lipinski definition) is 3. The standard InChI is InChI=1S/C17H30N2O/c1-4-14-6-7-17(18-5-2)16(10-14)12-19(3)11-15-8-9-20-13-15/h8-9,13-14,16-18H,4-7,10-12H2,1-3H3. The molecule has 1 aliphatic rings. The lowest BCUT2D eigenvalue weighted by molar-refractivity contribution is 0.150. The molecule has 1 N–H and O–H groups in total. The van der Waals surface area contributed by atoms with Crippen LogP contribution < -0.4 is 5.32 Å². The van der Waals surface area contributed by atoms with Crippen molar-refractivity contribution in [3.8, 4) is 0 Å². The second-order valence-corrected chi connectivity index (χ2v) is 6.34. The van der Waals surface area contributed by atoms with E-state index in [1.807, 2.05) is 6.26 Å². The summed E-state index contributed by atoms with van der Waals surface area (Å²) in [4.78, 5) is 2.44. The molecule has 1 aromatic heterocycles. The van der Waals surface area contributed by atoms with E-state index < -0.39 is 0 Å². The molecule has 3 unspecified atom stereocenters. The quantitative estimate of drug-likeness (QED) is 0.827. The van der Waals surface area contributed by atoms with E-state index in [4.69, 9.17) is 4.42 Å². The highest BCUT2D eigenvalue weighted by atomic mass is 16.3. The SMILES string of the molecule is CCNC1CCC(CC)CC1CN(C)Cc1ccoc1. The Morgan fingerprint density at radius 2 is 2.20 bits per heavy atom. The van der Waals surface area contributed by atoms with Gasteiger partial charge in [-0.2, -0.15) is 0 Å². The van der Waals surface area contributed by atoms with E-state index in [0.717, 1.165) is 24.9 Å². The molecule has 1 aromatic rings. The Balaban J connectivity index is 1.88. The van der Waals surface area contributed by atoms with Crippen molar-refractivity contribution in [1.82, 2.24) is 10.2 Å². The molecular formula is C17H30N2O. The lowest BCUT2D eigenvalue weighted by Gasteiger charge is -2.38. The van der Waals surface area contributed by atoms with E-state index in [9.17, 15) is 0 Å². The van der Waals surface area contributed by atoms with Gasteiger partial charge in [-0.1, -0.05) is 20.3 Å². The van der Waals surface area contributed by atoms with Crippen molar-refractivity contribution in [3.05, 3.63) is 24.2 Å². The predicted molar refractivity (Wildman–Crippen MR) is 83.6 cm³/mol. The highest BCUT2D eigenvalue weighted by Gasteiger charge is 2.29. The molecule has 1 heterocycles. The van der Waals surface area contributed by atoms with Crippen LogP contribution in [0.15, 0.2) is 23.0 Å². The molecule has 0 radical (unpaired) electrons. The molecule has 0 bridgehead atoms. The van der Waals surface area contributed by atoms with Gasteiger partial charge in [-0.15, -0.1) is 0 Å². The predicted octanol–water partition coefficient (Wildman–Crippen LogP) is 3.52. The van der Waals surface area contributed by atoms with Crippen LogP contribution in [0.4, 0.5) is 0 Å². The zero-order valence-corrected chi connectivity index (χ0v) is 13.3. The molecule has 2 rings (SSSR count). The van der Waals surface area contributed by atoms with Gasteiger partial charge in [-0.25, -0.2) is 0 Å². The van der Waals surface area contributed by atoms with Gasteiger partial charge in [0.2, 0.25) is 0 Å². The summed E-state index contributed by atoms with van der Waals surface area (Å²) in [6.07, 6.45) is 9.07. The van der Waals surface area contributed by atoms with Crippen molar-refractivity contribution < 1.29 is 4.42 Å². The minimum atomic E-state index is 0.703. The Morgan fingerprint density at radius 1 is 1.35 bits per heavy atom. The summed E-state index contributed by atoms with van der Waals surface area (Å²) in [7, 11) is 2.23. The fourth-order valence-electron chi connectivity index (χ4n) is 3.62. The highest BCUT2D eigenvalue weighted by Crippen LogP contribution is 2.32. The van der Waals surface area contributed by atoms with Crippen molar-refractivity contribution >= 4 is 0 Å². The van der Waals surface area contributed by atoms with Gasteiger partial charge in [-0.3, -0.25) is 0 Å². The Labute approximate surface area is 123 Å². The van der Waals surface area contributed by atoms with Crippen LogP contribution in [0.5, 0.6) is 0 Å². The Bertz CT molecular complexity index is 363. The van der Waals surface area contributed by atoms with Crippen LogP contribution in [0.1, 0.15) is 45.1 Å². The summed E-state index contributed by atoms with van der Waals surface area (Å²) < 4.78 is 5.16. The summed E-state index contributed by atoms with van der Waals surface area (Å²) in [6.45, 7) is 7.81. The van der Waals surface area contributed by atoms with Crippen molar-refractivity contribution in [3.63, 3.8) is 0 Å². The second-order valence-electron chi connectivity index (χ2n) is 6.34. The van der Waals surface area contributed by atoms with Crippen molar-refractivity contribution in [2.45, 2.75) is 52.1 Å². The molecule has 1 saturated carbocycles. The average molecular weight is 278 g/mol. The fraction of sp³-hybridized carbons (Fsp3) is 0.765. The first-order valence-corrected chi connectivity index (χ1v) is 8.15. The first kappa shape index (κ1) is 15.6. The number of nitrogens with one attached hydrogen (secondary N) is 1. The molecule has 0 amide bonds. The maximum atomic E-state index is 5.16. The van der Waals surface area contributed by atoms with Crippen molar-refractivity contribution in [1.29, 1.82) is 0 Å². The molecule has 20 heavy (non-hydrogen) atoms. The molecular weight excluding hydrogens is 248 g/mol. The van der Waals surface area contributed by atoms with Gasteiger partial charge in [0.05, 0.1) is 12.5 Å². The van der Waals surface area contributed by atoms with Gasteiger partial charge < -0.3 is 14.6 Å². The average Bonchev–Trinajstić information content (AvgIpc) is 2.93. The summed E-state index contributed by atoms with van der Waals surface area (Å²) in [5, 5.41) is 3.70. The van der Waals surface area contributed by atoms with E-state index in [2.05, 4.69) is 37.2 Å². The van der Waals surface area contributed by atoms with Gasteiger partial charge in [0.15, 0.2) is 0 Å². The Kier molecular flexibility index (Phi) is 6.11. The van der Waals surface area contributed by atoms with E-state index in [-0.39, 0.29) is 0 Å². The normalized spacial score (nSPS) is 27.1. The molecule has 1 aliphatic carbocycles. The van der Waals surface area contributed by atoms with Crippen LogP contribution >= 0.6 is 0 Å². The Hall–Kier alpha value is -0.800. The minimum absolute atomic E-state index is 0.703. The highest BCUT2D eigenvalue weighted by molar-refractivity contribution is 5.04. The summed E-state index contributed by atoms with van der Waals surface area (Å²) in [6, 6.07) is 2.77. The van der Waals surface area contributed by atoms with E-state index in [0.29, 0.717) is 6.04 Å². The van der Waals surface area contributed by atoms with Crippen molar-refractivity contribution in [2.24, 2.45) is 11.8 Å². The van der Waals surface area contributed by atoms with Crippen LogP contribution in [-0.4, -0.2) is 31.1 Å². The van der Waals surface area contributed by atoms with Gasteiger partial charge in [0.25, 0.3) is 0 Å². The monoisotopic (exact) mass is 278 g/mol. The largest absolute Gasteiger partial charge is 0.472 e. The summed E-state index contributed by atoms with van der Waals surface area (Å²) in [5.41, 5.74) is 1.27. The molecule has 0 saturated heterocycles. The van der Waals surface area contributed by atoms with Crippen LogP contribution in [0.25, 0.3) is 0 Å². The summed E-state index contributed by atoms with van der Waals surface area (Å²) in [5.74, 6) is 1.71. The van der Waals surface area contributed by atoms with E-state index >= 15 is 0 Å². The summed E-state index contributed by atoms with van der Waals surface area (Å²) >= 11 is 0. The maximum absolute atomic E-state index is 5.16. The number of rotatable bonds is 7. The maximum Gasteiger partial charge on any atom is 0.0947 e. The number of hydrogen-bond donors (Lipinski definition) is 1. The number of nitrogens with zero attached hydrogens (tertiary/aromatic N) is 1. The van der Waals surface area contributed by atoms with E-state index in [1.54, 1.807) is 6.26 Å². The third-order valence-electron chi connectivity index (χ3n) is 4.71. The zero-order valence-electron chi connectivity index (χ0n) is 13.3. The molecule has 3 nitrogen and oxygen atoms in total. The first-order valence-electron chi connectivity index (χ1n) is 8.15. The third kappa shape index (κ3) is 4.35. The molecule has 1 fully saturated rings. The molecule has 114 valence electrons. The van der Waals surface area contributed by atoms with Crippen LogP contribution in [0, 0.1) is 11.8 Å². The Morgan fingerprint density at radius 3 is 2.85 bits per heavy atom. The van der Waals surface area contributed by atoms with Gasteiger partial charge >= 0.3 is 0 Å². The molecule has 0 aromatic carbocycles. The molecule has 0 aliphatic heterocycles. The smallest absolute Gasteiger partial charge is 0.0947 e. The van der Waals surface area contributed by atoms with Gasteiger partial charge in [-0.05, 0) is 50.8 Å². The van der Waals surface area contributed by atoms with Crippen molar-refractivity contribution in [2.75, 3.05) is 20.1 Å². The van der Waals surface area contributed by atoms with Gasteiger partial charge in [0, 0.05) is 24.7 Å². The first-order chi connectivity index (χ1) is 9.72. The number of furan rings is 1. The van der Waals surface area contributed by atoms with Gasteiger partial charge in [0.1, 0.15) is 0 Å². The lowest BCUT2D eigenvalue weighted by Crippen LogP contribution is -2.45. The third-order valence-corrected chi connectivity index (χ3v) is 4.71. The topological polar surface area (TPSA) is 28.4 Å². The second kappa shape index (κ2) is 7.84. The minimum Gasteiger partial charge on any atom is -0.472 e. The van der Waals surface area contributed by atoms with E-state index in [1.165, 1.54) is 37.8 Å². The zero-order chi connectivity index (χ0) is 14.4. The fourth-order valence-corrected chi connectivity index (χ4v) is 3.62. The van der Waals surface area contributed by atoms with Crippen LogP contribution in [0.3, 0.4) is 0 Å². The molecule has 3 heteroatoms. The van der Waals surface area contributed by atoms with Crippen LogP contribution in [0.2, 0.25) is 0 Å². The molecule has 0 spiro atoms. The van der Waals surface area contributed by atoms with Crippen LogP contribution in [-0.2, 0) is 6.54 Å². The lowest BCUT2D eigenvalue weighted by atomic mass is 9.76.